The summed E-state index contributed by atoms with van der Waals surface area (Å²) in [5.41, 5.74) is 2.62. The Kier molecular flexibility index (Phi) is 4.08. The molecule has 1 amide bonds. The summed E-state index contributed by atoms with van der Waals surface area (Å²) in [6.45, 7) is 3.48. The molecule has 1 aromatic carbocycles. The fourth-order valence-corrected chi connectivity index (χ4v) is 4.16. The third-order valence-electron chi connectivity index (χ3n) is 5.91. The number of amides is 1. The van der Waals surface area contributed by atoms with E-state index in [0.29, 0.717) is 25.7 Å². The largest absolute Gasteiger partial charge is 0.376 e. The average molecular weight is 364 g/mol. The SMILES string of the molecule is O=C(c1ccccc1)N1CC[C@]2(COCc3cnc(NCC4CC4)nc32)C1. The fourth-order valence-electron chi connectivity index (χ4n) is 4.16. The minimum Gasteiger partial charge on any atom is -0.376 e. The second kappa shape index (κ2) is 6.60. The molecule has 6 nitrogen and oxygen atoms in total. The summed E-state index contributed by atoms with van der Waals surface area (Å²) >= 11 is 0. The lowest BCUT2D eigenvalue weighted by molar-refractivity contribution is 0.0485. The zero-order valence-corrected chi connectivity index (χ0v) is 15.4. The van der Waals surface area contributed by atoms with E-state index in [9.17, 15) is 4.79 Å². The zero-order valence-electron chi connectivity index (χ0n) is 15.4. The first-order valence-corrected chi connectivity index (χ1v) is 9.76. The van der Waals surface area contributed by atoms with E-state index >= 15 is 0 Å². The average Bonchev–Trinajstić information content (AvgIpc) is 3.46. The predicted molar refractivity (Wildman–Crippen MR) is 102 cm³/mol. The number of carbonyl (C=O) groups is 1. The molecule has 3 heterocycles. The van der Waals surface area contributed by atoms with Crippen LogP contribution in [0.15, 0.2) is 36.5 Å². The highest BCUT2D eigenvalue weighted by Crippen LogP contribution is 2.39. The number of anilines is 1. The van der Waals surface area contributed by atoms with Gasteiger partial charge >= 0.3 is 0 Å². The Morgan fingerprint density at radius 2 is 2.15 bits per heavy atom. The predicted octanol–water partition coefficient (Wildman–Crippen LogP) is 2.61. The van der Waals surface area contributed by atoms with Crippen LogP contribution in [0.2, 0.25) is 0 Å². The molecule has 0 bridgehead atoms. The number of ether oxygens (including phenoxy) is 1. The summed E-state index contributed by atoms with van der Waals surface area (Å²) in [5, 5.41) is 3.38. The van der Waals surface area contributed by atoms with Crippen molar-refractivity contribution in [3.63, 3.8) is 0 Å². The molecule has 5 rings (SSSR count). The van der Waals surface area contributed by atoms with E-state index in [2.05, 4.69) is 10.3 Å². The van der Waals surface area contributed by atoms with Crippen LogP contribution >= 0.6 is 0 Å². The molecule has 1 aromatic heterocycles. The van der Waals surface area contributed by atoms with Crippen molar-refractivity contribution in [1.29, 1.82) is 0 Å². The van der Waals surface area contributed by atoms with Crippen molar-refractivity contribution in [3.8, 4) is 0 Å². The van der Waals surface area contributed by atoms with Gasteiger partial charge in [0.2, 0.25) is 5.95 Å². The highest BCUT2D eigenvalue weighted by atomic mass is 16.5. The van der Waals surface area contributed by atoms with Gasteiger partial charge in [-0.15, -0.1) is 0 Å². The second-order valence-corrected chi connectivity index (χ2v) is 8.01. The van der Waals surface area contributed by atoms with E-state index in [4.69, 9.17) is 9.72 Å². The Balaban J connectivity index is 1.39. The number of benzene rings is 1. The molecule has 3 aliphatic rings. The van der Waals surface area contributed by atoms with Gasteiger partial charge in [-0.05, 0) is 37.3 Å². The van der Waals surface area contributed by atoms with Crippen LogP contribution in [0.25, 0.3) is 0 Å². The van der Waals surface area contributed by atoms with Gasteiger partial charge in [0.05, 0.1) is 24.3 Å². The smallest absolute Gasteiger partial charge is 0.253 e. The molecule has 27 heavy (non-hydrogen) atoms. The van der Waals surface area contributed by atoms with Crippen molar-refractivity contribution >= 4 is 11.9 Å². The monoisotopic (exact) mass is 364 g/mol. The number of nitrogens with one attached hydrogen (secondary N) is 1. The molecule has 1 saturated carbocycles. The van der Waals surface area contributed by atoms with Crippen molar-refractivity contribution in [2.75, 3.05) is 31.6 Å². The summed E-state index contributed by atoms with van der Waals surface area (Å²) in [5.74, 6) is 1.56. The molecule has 2 aromatic rings. The highest BCUT2D eigenvalue weighted by Gasteiger charge is 2.46. The number of nitrogens with zero attached hydrogens (tertiary/aromatic N) is 3. The first-order chi connectivity index (χ1) is 13.2. The van der Waals surface area contributed by atoms with Crippen molar-refractivity contribution in [3.05, 3.63) is 53.3 Å². The Morgan fingerprint density at radius 3 is 2.96 bits per heavy atom. The van der Waals surface area contributed by atoms with Gasteiger partial charge < -0.3 is 15.0 Å². The lowest BCUT2D eigenvalue weighted by Crippen LogP contribution is -2.41. The van der Waals surface area contributed by atoms with Crippen LogP contribution < -0.4 is 5.32 Å². The summed E-state index contributed by atoms with van der Waals surface area (Å²) in [6, 6.07) is 9.49. The van der Waals surface area contributed by atoms with Gasteiger partial charge in [0.25, 0.3) is 5.91 Å². The Morgan fingerprint density at radius 1 is 1.30 bits per heavy atom. The number of aromatic nitrogens is 2. The first-order valence-electron chi connectivity index (χ1n) is 9.76. The van der Waals surface area contributed by atoms with Gasteiger partial charge in [0, 0.05) is 37.0 Å². The maximum Gasteiger partial charge on any atom is 0.253 e. The minimum absolute atomic E-state index is 0.0840. The number of hydrogen-bond acceptors (Lipinski definition) is 5. The number of carbonyl (C=O) groups excluding carboxylic acids is 1. The van der Waals surface area contributed by atoms with Crippen molar-refractivity contribution < 1.29 is 9.53 Å². The van der Waals surface area contributed by atoms with E-state index in [1.54, 1.807) is 0 Å². The summed E-state index contributed by atoms with van der Waals surface area (Å²) in [6.07, 6.45) is 5.36. The van der Waals surface area contributed by atoms with Gasteiger partial charge in [-0.1, -0.05) is 18.2 Å². The lowest BCUT2D eigenvalue weighted by atomic mass is 9.80. The molecule has 140 valence electrons. The molecule has 2 fully saturated rings. The Labute approximate surface area is 159 Å². The van der Waals surface area contributed by atoms with Gasteiger partial charge in [0.15, 0.2) is 0 Å². The van der Waals surface area contributed by atoms with E-state index in [-0.39, 0.29) is 11.3 Å². The van der Waals surface area contributed by atoms with Gasteiger partial charge in [-0.25, -0.2) is 9.97 Å². The molecular weight excluding hydrogens is 340 g/mol. The van der Waals surface area contributed by atoms with Gasteiger partial charge in [0.1, 0.15) is 0 Å². The number of likely N-dealkylation sites (tertiary alicyclic amines) is 1. The van der Waals surface area contributed by atoms with Crippen LogP contribution in [0.4, 0.5) is 5.95 Å². The topological polar surface area (TPSA) is 67.4 Å². The van der Waals surface area contributed by atoms with Crippen LogP contribution in [0.5, 0.6) is 0 Å². The Hall–Kier alpha value is -2.47. The third-order valence-corrected chi connectivity index (χ3v) is 5.91. The van der Waals surface area contributed by atoms with E-state index in [0.717, 1.165) is 42.2 Å². The number of fused-ring (bicyclic) bond motifs is 2. The fraction of sp³-hybridized carbons (Fsp3) is 0.476. The maximum atomic E-state index is 12.9. The summed E-state index contributed by atoms with van der Waals surface area (Å²) < 4.78 is 5.88. The first kappa shape index (κ1) is 16.7. The molecule has 1 aliphatic carbocycles. The van der Waals surface area contributed by atoms with Crippen LogP contribution in [-0.2, 0) is 16.8 Å². The molecule has 0 unspecified atom stereocenters. The van der Waals surface area contributed by atoms with E-state index in [1.807, 2.05) is 41.4 Å². The maximum absolute atomic E-state index is 12.9. The lowest BCUT2D eigenvalue weighted by Gasteiger charge is -2.34. The normalized spacial score (nSPS) is 24.1. The van der Waals surface area contributed by atoms with Crippen LogP contribution in [-0.4, -0.2) is 47.0 Å². The molecule has 0 radical (unpaired) electrons. The van der Waals surface area contributed by atoms with Crippen molar-refractivity contribution in [1.82, 2.24) is 14.9 Å². The van der Waals surface area contributed by atoms with Gasteiger partial charge in [-0.2, -0.15) is 0 Å². The molecule has 6 heteroatoms. The van der Waals surface area contributed by atoms with E-state index in [1.165, 1.54) is 12.8 Å². The van der Waals surface area contributed by atoms with Crippen molar-refractivity contribution in [2.24, 2.45) is 5.92 Å². The third kappa shape index (κ3) is 3.18. The quantitative estimate of drug-likeness (QED) is 0.903. The molecule has 1 spiro atoms. The Bertz CT molecular complexity index is 853. The van der Waals surface area contributed by atoms with E-state index < -0.39 is 0 Å². The second-order valence-electron chi connectivity index (χ2n) is 8.01. The minimum atomic E-state index is -0.225. The highest BCUT2D eigenvalue weighted by molar-refractivity contribution is 5.94. The molecule has 1 atom stereocenters. The van der Waals surface area contributed by atoms with Crippen LogP contribution in [0.1, 0.15) is 40.9 Å². The number of hydrogen-bond donors (Lipinski definition) is 1. The van der Waals surface area contributed by atoms with Crippen molar-refractivity contribution in [2.45, 2.75) is 31.3 Å². The molecular formula is C21H24N4O2. The standard InChI is InChI=1S/C21H24N4O2/c26-19(16-4-2-1-3-5-16)25-9-8-21(13-25)14-27-12-17-11-23-20(24-18(17)21)22-10-15-6-7-15/h1-5,11,15H,6-10,12-14H2,(H,22,23,24)/t21-/m1/s1. The molecule has 1 N–H and O–H groups in total. The zero-order chi connectivity index (χ0) is 18.3. The van der Waals surface area contributed by atoms with Gasteiger partial charge in [-0.3, -0.25) is 4.79 Å². The summed E-state index contributed by atoms with van der Waals surface area (Å²) in [4.78, 5) is 24.2. The molecule has 1 saturated heterocycles. The number of rotatable bonds is 4. The van der Waals surface area contributed by atoms with Crippen LogP contribution in [0, 0.1) is 5.92 Å². The van der Waals surface area contributed by atoms with Crippen LogP contribution in [0.3, 0.4) is 0 Å². The molecule has 2 aliphatic heterocycles. The summed E-state index contributed by atoms with van der Waals surface area (Å²) in [7, 11) is 0.